The SMILES string of the molecule is COCC(=O)N[C@@H](Cc1ccc(-c2cc(Cl)cc(Cl)c2)cc1)[C@H](O)[C@@H](O)C(C)=O. The third kappa shape index (κ3) is 6.80. The van der Waals surface area contributed by atoms with Crippen molar-refractivity contribution in [1.82, 2.24) is 5.32 Å². The fraction of sp³-hybridized carbons (Fsp3) is 0.333. The highest BCUT2D eigenvalue weighted by molar-refractivity contribution is 6.35. The van der Waals surface area contributed by atoms with Crippen LogP contribution >= 0.6 is 23.2 Å². The summed E-state index contributed by atoms with van der Waals surface area (Å²) in [5.74, 6) is -1.05. The topological polar surface area (TPSA) is 95.9 Å². The number of carbonyl (C=O) groups excluding carboxylic acids is 2. The van der Waals surface area contributed by atoms with Crippen LogP contribution in [-0.4, -0.2) is 53.9 Å². The number of hydrogen-bond donors (Lipinski definition) is 3. The predicted molar refractivity (Wildman–Crippen MR) is 112 cm³/mol. The van der Waals surface area contributed by atoms with Crippen molar-refractivity contribution in [3.63, 3.8) is 0 Å². The van der Waals surface area contributed by atoms with Gasteiger partial charge in [-0.1, -0.05) is 47.5 Å². The van der Waals surface area contributed by atoms with E-state index in [1.54, 1.807) is 18.2 Å². The summed E-state index contributed by atoms with van der Waals surface area (Å²) in [6.07, 6.45) is -2.85. The van der Waals surface area contributed by atoms with Crippen molar-refractivity contribution in [2.24, 2.45) is 0 Å². The lowest BCUT2D eigenvalue weighted by molar-refractivity contribution is -0.134. The number of ketones is 1. The molecule has 0 saturated heterocycles. The van der Waals surface area contributed by atoms with Crippen molar-refractivity contribution >= 4 is 34.9 Å². The second kappa shape index (κ2) is 10.7. The minimum absolute atomic E-state index is 0.201. The van der Waals surface area contributed by atoms with E-state index in [4.69, 9.17) is 27.9 Å². The van der Waals surface area contributed by atoms with E-state index >= 15 is 0 Å². The van der Waals surface area contributed by atoms with Crippen molar-refractivity contribution in [1.29, 1.82) is 0 Å². The first-order valence-corrected chi connectivity index (χ1v) is 9.67. The van der Waals surface area contributed by atoms with Crippen molar-refractivity contribution < 1.29 is 24.5 Å². The van der Waals surface area contributed by atoms with Crippen LogP contribution in [0.1, 0.15) is 12.5 Å². The molecule has 0 aliphatic rings. The molecule has 0 radical (unpaired) electrons. The van der Waals surface area contributed by atoms with Gasteiger partial charge in [-0.2, -0.15) is 0 Å². The molecular formula is C21H23Cl2NO5. The molecule has 6 nitrogen and oxygen atoms in total. The number of amides is 1. The Bertz CT molecular complexity index is 836. The van der Waals surface area contributed by atoms with Crippen molar-refractivity contribution in [3.8, 4) is 11.1 Å². The molecule has 0 aliphatic carbocycles. The molecule has 0 fully saturated rings. The van der Waals surface area contributed by atoms with Gasteiger partial charge in [0.25, 0.3) is 0 Å². The molecule has 3 N–H and O–H groups in total. The minimum Gasteiger partial charge on any atom is -0.388 e. The van der Waals surface area contributed by atoms with E-state index in [2.05, 4.69) is 5.32 Å². The summed E-state index contributed by atoms with van der Waals surface area (Å²) >= 11 is 12.1. The van der Waals surface area contributed by atoms with Gasteiger partial charge in [0, 0.05) is 17.2 Å². The molecule has 0 heterocycles. The van der Waals surface area contributed by atoms with Gasteiger partial charge < -0.3 is 20.3 Å². The van der Waals surface area contributed by atoms with Gasteiger partial charge in [-0.25, -0.2) is 0 Å². The number of carbonyl (C=O) groups is 2. The van der Waals surface area contributed by atoms with Gasteiger partial charge in [0.2, 0.25) is 5.91 Å². The Kier molecular flexibility index (Phi) is 8.61. The van der Waals surface area contributed by atoms with Gasteiger partial charge in [0.1, 0.15) is 18.8 Å². The molecule has 29 heavy (non-hydrogen) atoms. The van der Waals surface area contributed by atoms with Crippen LogP contribution in [0, 0.1) is 0 Å². The molecule has 1 amide bonds. The second-order valence-corrected chi connectivity index (χ2v) is 7.59. The number of nitrogens with one attached hydrogen (secondary N) is 1. The number of aliphatic hydroxyl groups is 2. The molecule has 0 spiro atoms. The number of hydrogen-bond acceptors (Lipinski definition) is 5. The Morgan fingerprint density at radius 2 is 1.62 bits per heavy atom. The molecule has 8 heteroatoms. The van der Waals surface area contributed by atoms with Gasteiger partial charge in [-0.05, 0) is 48.2 Å². The van der Waals surface area contributed by atoms with Gasteiger partial charge in [0.15, 0.2) is 5.78 Å². The van der Waals surface area contributed by atoms with Crippen LogP contribution in [0.25, 0.3) is 11.1 Å². The highest BCUT2D eigenvalue weighted by Crippen LogP contribution is 2.27. The van der Waals surface area contributed by atoms with Gasteiger partial charge in [-0.3, -0.25) is 9.59 Å². The Morgan fingerprint density at radius 1 is 1.03 bits per heavy atom. The average Bonchev–Trinajstić information content (AvgIpc) is 2.66. The number of Topliss-reactive ketones (excluding diaryl/α,β-unsaturated/α-hetero) is 1. The summed E-state index contributed by atoms with van der Waals surface area (Å²) < 4.78 is 4.78. The molecule has 0 unspecified atom stereocenters. The molecule has 2 aromatic carbocycles. The smallest absolute Gasteiger partial charge is 0.246 e. The maximum Gasteiger partial charge on any atom is 0.246 e. The number of benzene rings is 2. The van der Waals surface area contributed by atoms with E-state index in [9.17, 15) is 19.8 Å². The summed E-state index contributed by atoms with van der Waals surface area (Å²) in [5, 5.41) is 23.9. The highest BCUT2D eigenvalue weighted by atomic mass is 35.5. The average molecular weight is 440 g/mol. The maximum absolute atomic E-state index is 11.9. The summed E-state index contributed by atoms with van der Waals surface area (Å²) in [4.78, 5) is 23.3. The first kappa shape index (κ1) is 23.3. The van der Waals surface area contributed by atoms with E-state index in [0.29, 0.717) is 10.0 Å². The van der Waals surface area contributed by atoms with Crippen molar-refractivity contribution in [2.45, 2.75) is 31.6 Å². The fourth-order valence-electron chi connectivity index (χ4n) is 2.90. The number of aliphatic hydroxyl groups excluding tert-OH is 2. The highest BCUT2D eigenvalue weighted by Gasteiger charge is 2.30. The molecule has 156 valence electrons. The van der Waals surface area contributed by atoms with Crippen LogP contribution in [-0.2, 0) is 20.7 Å². The Balaban J connectivity index is 2.20. The lowest BCUT2D eigenvalue weighted by Crippen LogP contribution is -2.52. The lowest BCUT2D eigenvalue weighted by atomic mass is 9.95. The molecule has 0 aliphatic heterocycles. The van der Waals surface area contributed by atoms with Crippen LogP contribution in [0.15, 0.2) is 42.5 Å². The zero-order chi connectivity index (χ0) is 21.6. The Morgan fingerprint density at radius 3 is 2.14 bits per heavy atom. The molecule has 2 aromatic rings. The summed E-state index contributed by atoms with van der Waals surface area (Å²) in [7, 11) is 1.37. The first-order valence-electron chi connectivity index (χ1n) is 8.91. The van der Waals surface area contributed by atoms with Crippen LogP contribution in [0.3, 0.4) is 0 Å². The molecule has 0 aromatic heterocycles. The van der Waals surface area contributed by atoms with E-state index in [1.165, 1.54) is 14.0 Å². The van der Waals surface area contributed by atoms with Gasteiger partial charge in [-0.15, -0.1) is 0 Å². The van der Waals surface area contributed by atoms with E-state index < -0.39 is 29.9 Å². The molecular weight excluding hydrogens is 417 g/mol. The third-order valence-electron chi connectivity index (χ3n) is 4.38. The Labute approximate surface area is 179 Å². The van der Waals surface area contributed by atoms with E-state index in [1.807, 2.05) is 24.3 Å². The first-order chi connectivity index (χ1) is 13.7. The monoisotopic (exact) mass is 439 g/mol. The number of ether oxygens (including phenoxy) is 1. The van der Waals surface area contributed by atoms with Crippen molar-refractivity contribution in [3.05, 3.63) is 58.1 Å². The molecule has 2 rings (SSSR count). The van der Waals surface area contributed by atoms with E-state index in [0.717, 1.165) is 16.7 Å². The predicted octanol–water partition coefficient (Wildman–Crippen LogP) is 2.64. The zero-order valence-corrected chi connectivity index (χ0v) is 17.6. The molecule has 0 bridgehead atoms. The van der Waals surface area contributed by atoms with Crippen LogP contribution in [0.4, 0.5) is 0 Å². The summed E-state index contributed by atoms with van der Waals surface area (Å²) in [6.45, 7) is 0.973. The number of halogens is 2. The molecule has 0 saturated carbocycles. The Hall–Kier alpha value is -1.96. The van der Waals surface area contributed by atoms with Gasteiger partial charge >= 0.3 is 0 Å². The van der Waals surface area contributed by atoms with Crippen LogP contribution in [0.2, 0.25) is 10.0 Å². The standard InChI is InChI=1S/C21H23Cl2NO5/c1-12(25)20(27)21(28)18(24-19(26)11-29-2)7-13-3-5-14(6-4-13)15-8-16(22)10-17(23)9-15/h3-6,8-10,18,20-21,27-28H,7,11H2,1-2H3,(H,24,26)/t18-,20-,21-/m0/s1. The zero-order valence-electron chi connectivity index (χ0n) is 16.1. The quantitative estimate of drug-likeness (QED) is 0.557. The lowest BCUT2D eigenvalue weighted by Gasteiger charge is -2.27. The third-order valence-corrected chi connectivity index (χ3v) is 4.82. The fourth-order valence-corrected chi connectivity index (χ4v) is 3.43. The summed E-state index contributed by atoms with van der Waals surface area (Å²) in [6, 6.07) is 11.7. The van der Waals surface area contributed by atoms with Gasteiger partial charge in [0.05, 0.1) is 6.04 Å². The van der Waals surface area contributed by atoms with Crippen LogP contribution < -0.4 is 5.32 Å². The number of rotatable bonds is 9. The van der Waals surface area contributed by atoms with Crippen molar-refractivity contribution in [2.75, 3.05) is 13.7 Å². The molecule has 3 atom stereocenters. The normalized spacial score (nSPS) is 14.1. The second-order valence-electron chi connectivity index (χ2n) is 6.71. The largest absolute Gasteiger partial charge is 0.388 e. The maximum atomic E-state index is 11.9. The van der Waals surface area contributed by atoms with E-state index in [-0.39, 0.29) is 13.0 Å². The van der Waals surface area contributed by atoms with Crippen LogP contribution in [0.5, 0.6) is 0 Å². The summed E-state index contributed by atoms with van der Waals surface area (Å²) in [5.41, 5.74) is 2.54. The number of methoxy groups -OCH3 is 1. The minimum atomic E-state index is -1.60.